The molecule has 16 heteroatoms. The van der Waals surface area contributed by atoms with Gasteiger partial charge in [-0.2, -0.15) is 10.5 Å². The summed E-state index contributed by atoms with van der Waals surface area (Å²) in [6.07, 6.45) is 13.3. The zero-order valence-electron chi connectivity index (χ0n) is 28.9. The third-order valence-electron chi connectivity index (χ3n) is 6.73. The molecule has 2 N–H and O–H groups in total. The molecule has 0 spiro atoms. The molecular formula is C33H54N6O10. The normalized spacial score (nSPS) is 10.9. The minimum absolute atomic E-state index is 0.176. The number of hydrogen-bond acceptors (Lipinski definition) is 14. The summed E-state index contributed by atoms with van der Waals surface area (Å²) in [5.74, 6) is -1.37. The lowest BCUT2D eigenvalue weighted by molar-refractivity contribution is -0.273. The van der Waals surface area contributed by atoms with Gasteiger partial charge in [0.15, 0.2) is 6.10 Å². The van der Waals surface area contributed by atoms with Crippen LogP contribution in [0.2, 0.25) is 0 Å². The van der Waals surface area contributed by atoms with Crippen LogP contribution in [-0.4, -0.2) is 100 Å². The number of hydroxylamine groups is 1. The molecule has 0 rings (SSSR count). The van der Waals surface area contributed by atoms with Crippen LogP contribution < -0.4 is 10.6 Å². The Morgan fingerprint density at radius 2 is 1.39 bits per heavy atom. The van der Waals surface area contributed by atoms with Gasteiger partial charge in [0.1, 0.15) is 33.2 Å². The number of carbonyl (C=O) groups excluding carboxylic acids is 4. The molecule has 1 atom stereocenters. The number of nitriles is 2. The molecule has 0 aromatic carbocycles. The molecular weight excluding hydrogens is 640 g/mol. The van der Waals surface area contributed by atoms with Crippen molar-refractivity contribution in [1.29, 1.82) is 10.5 Å². The molecule has 0 saturated carbocycles. The highest BCUT2D eigenvalue weighted by Crippen LogP contribution is 2.08. The molecule has 0 fully saturated rings. The third-order valence-corrected chi connectivity index (χ3v) is 6.73. The molecule has 0 saturated heterocycles. The average Bonchev–Trinajstić information content (AvgIpc) is 3.09. The first-order valence-corrected chi connectivity index (χ1v) is 16.7. The van der Waals surface area contributed by atoms with E-state index in [1.54, 1.807) is 17.7 Å². The molecule has 276 valence electrons. The smallest absolute Gasteiger partial charge is 0.407 e. The number of nitrogens with one attached hydrogen (secondary N) is 2. The van der Waals surface area contributed by atoms with Crippen molar-refractivity contribution in [1.82, 2.24) is 20.8 Å². The van der Waals surface area contributed by atoms with E-state index in [2.05, 4.69) is 28.5 Å². The second kappa shape index (κ2) is 32.2. The van der Waals surface area contributed by atoms with Gasteiger partial charge in [0.2, 0.25) is 6.41 Å². The van der Waals surface area contributed by atoms with E-state index in [1.165, 1.54) is 11.9 Å². The van der Waals surface area contributed by atoms with Gasteiger partial charge in [-0.05, 0) is 64.8 Å². The fourth-order valence-corrected chi connectivity index (χ4v) is 4.10. The van der Waals surface area contributed by atoms with Crippen LogP contribution in [0.4, 0.5) is 4.79 Å². The van der Waals surface area contributed by atoms with E-state index in [0.29, 0.717) is 39.3 Å². The van der Waals surface area contributed by atoms with E-state index in [9.17, 15) is 19.2 Å². The van der Waals surface area contributed by atoms with Crippen molar-refractivity contribution in [3.05, 3.63) is 24.8 Å². The summed E-state index contributed by atoms with van der Waals surface area (Å²) in [6.45, 7) is 10.8. The summed E-state index contributed by atoms with van der Waals surface area (Å²) in [6, 6.07) is 0. The lowest BCUT2D eigenvalue weighted by Crippen LogP contribution is -2.44. The van der Waals surface area contributed by atoms with Crippen molar-refractivity contribution in [2.75, 3.05) is 59.3 Å². The van der Waals surface area contributed by atoms with Gasteiger partial charge in [0, 0.05) is 31.3 Å². The maximum atomic E-state index is 12.3. The van der Waals surface area contributed by atoms with Crippen molar-refractivity contribution in [2.24, 2.45) is 0 Å². The molecule has 0 radical (unpaired) electrons. The van der Waals surface area contributed by atoms with E-state index in [1.807, 2.05) is 0 Å². The van der Waals surface area contributed by atoms with Gasteiger partial charge in [-0.3, -0.25) is 20.0 Å². The Labute approximate surface area is 290 Å². The molecule has 1 unspecified atom stereocenters. The van der Waals surface area contributed by atoms with Gasteiger partial charge in [0.05, 0.1) is 0 Å². The van der Waals surface area contributed by atoms with Gasteiger partial charge in [-0.15, -0.1) is 0 Å². The van der Waals surface area contributed by atoms with E-state index in [-0.39, 0.29) is 25.5 Å². The summed E-state index contributed by atoms with van der Waals surface area (Å²) < 4.78 is 24.6. The highest BCUT2D eigenvalue weighted by atomic mass is 16.7. The number of alkyl carbamates (subject to hydrolysis) is 1. The van der Waals surface area contributed by atoms with Crippen LogP contribution in [0.1, 0.15) is 84.0 Å². The monoisotopic (exact) mass is 694 g/mol. The number of esters is 2. The fourth-order valence-electron chi connectivity index (χ4n) is 4.10. The van der Waals surface area contributed by atoms with Crippen LogP contribution in [0.15, 0.2) is 24.8 Å². The van der Waals surface area contributed by atoms with Crippen molar-refractivity contribution in [3.8, 4) is 12.5 Å². The number of carbonyl (C=O) groups is 4. The molecule has 0 aliphatic rings. The predicted molar refractivity (Wildman–Crippen MR) is 177 cm³/mol. The van der Waals surface area contributed by atoms with E-state index in [4.69, 9.17) is 34.3 Å². The second-order valence-corrected chi connectivity index (χ2v) is 10.9. The summed E-state index contributed by atoms with van der Waals surface area (Å²) in [7, 11) is 0. The van der Waals surface area contributed by atoms with Crippen molar-refractivity contribution in [3.63, 3.8) is 0 Å². The Balaban J connectivity index is 4.61. The summed E-state index contributed by atoms with van der Waals surface area (Å²) >= 11 is 0. The number of rotatable bonds is 33. The van der Waals surface area contributed by atoms with Crippen LogP contribution in [0.25, 0.3) is 0 Å². The number of hydrazine groups is 1. The minimum atomic E-state index is -1.01. The standard InChI is InChI=1S/C33H54N6O10/c1-4-31(41)46-23-30(24-47-32(42)29(2)3)49-33(43)37-18-12-5-7-14-20-39(38(28-40)19-13-8-10-16-22-45-26-35)48-27-36-17-11-6-9-15-21-44-25-34/h4,28,30,36H,1-2,5-24,27H2,3H3,(H,37,43). The average molecular weight is 695 g/mol. The maximum Gasteiger partial charge on any atom is 0.407 e. The van der Waals surface area contributed by atoms with Gasteiger partial charge in [-0.25, -0.2) is 14.4 Å². The highest BCUT2D eigenvalue weighted by molar-refractivity contribution is 5.87. The number of amides is 2. The molecule has 0 aromatic heterocycles. The minimum Gasteiger partial charge on any atom is -0.458 e. The maximum absolute atomic E-state index is 12.3. The first-order chi connectivity index (χ1) is 23.8. The lowest BCUT2D eigenvalue weighted by Gasteiger charge is -2.31. The molecule has 2 amide bonds. The topological polar surface area (TPSA) is 202 Å². The predicted octanol–water partition coefficient (Wildman–Crippen LogP) is 3.76. The van der Waals surface area contributed by atoms with Crippen molar-refractivity contribution in [2.45, 2.75) is 90.1 Å². The third kappa shape index (κ3) is 27.3. The van der Waals surface area contributed by atoms with E-state index >= 15 is 0 Å². The molecule has 0 aromatic rings. The Bertz CT molecular complexity index is 1030. The molecule has 0 aliphatic heterocycles. The van der Waals surface area contributed by atoms with Crippen molar-refractivity contribution < 1.29 is 47.7 Å². The number of nitrogens with zero attached hydrogens (tertiary/aromatic N) is 4. The van der Waals surface area contributed by atoms with Crippen LogP contribution >= 0.6 is 0 Å². The van der Waals surface area contributed by atoms with E-state index in [0.717, 1.165) is 89.7 Å². The quantitative estimate of drug-likeness (QED) is 0.0147. The Morgan fingerprint density at radius 1 is 0.816 bits per heavy atom. The van der Waals surface area contributed by atoms with Gasteiger partial charge in [-0.1, -0.05) is 44.0 Å². The van der Waals surface area contributed by atoms with Crippen LogP contribution in [0, 0.1) is 23.0 Å². The lowest BCUT2D eigenvalue weighted by atomic mass is 10.2. The zero-order valence-corrected chi connectivity index (χ0v) is 28.9. The van der Waals surface area contributed by atoms with Crippen LogP contribution in [0.5, 0.6) is 0 Å². The summed E-state index contributed by atoms with van der Waals surface area (Å²) in [5, 5.41) is 25.8. The Morgan fingerprint density at radius 3 is 1.98 bits per heavy atom. The molecule has 0 aliphatic carbocycles. The summed E-state index contributed by atoms with van der Waals surface area (Å²) in [5.41, 5.74) is 0.176. The van der Waals surface area contributed by atoms with Gasteiger partial charge < -0.3 is 29.0 Å². The molecule has 0 bridgehead atoms. The first kappa shape index (κ1) is 44.6. The largest absolute Gasteiger partial charge is 0.458 e. The van der Waals surface area contributed by atoms with Crippen LogP contribution in [-0.2, 0) is 42.9 Å². The summed E-state index contributed by atoms with van der Waals surface area (Å²) in [4.78, 5) is 53.2. The SMILES string of the molecule is C=CC(=O)OCC(COC(=O)C(=C)C)OC(=O)NCCCCCCN(OCNCCCCCCOC#N)N(C=O)CCCCCCOC#N. The van der Waals surface area contributed by atoms with Gasteiger partial charge in [0.25, 0.3) is 12.5 Å². The van der Waals surface area contributed by atoms with Crippen LogP contribution in [0.3, 0.4) is 0 Å². The Kier molecular flexibility index (Phi) is 29.3. The number of hydrogen-bond donors (Lipinski definition) is 2. The molecule has 0 heterocycles. The zero-order chi connectivity index (χ0) is 36.4. The van der Waals surface area contributed by atoms with E-state index < -0.39 is 24.1 Å². The molecule has 49 heavy (non-hydrogen) atoms. The number of unbranched alkanes of at least 4 members (excludes halogenated alkanes) is 9. The second-order valence-electron chi connectivity index (χ2n) is 10.9. The van der Waals surface area contributed by atoms with Gasteiger partial charge >= 0.3 is 18.0 Å². The fraction of sp³-hybridized carbons (Fsp3) is 0.697. The first-order valence-electron chi connectivity index (χ1n) is 16.7. The Hall–Kier alpha value is -4.38. The molecule has 16 nitrogen and oxygen atoms in total. The van der Waals surface area contributed by atoms with Crippen molar-refractivity contribution >= 4 is 24.4 Å². The highest BCUT2D eigenvalue weighted by Gasteiger charge is 2.19. The number of ether oxygens (including phenoxy) is 5.